The predicted octanol–water partition coefficient (Wildman–Crippen LogP) is 2.86. The molecule has 0 amide bonds. The molecule has 1 aromatic carbocycles. The van der Waals surface area contributed by atoms with E-state index in [1.807, 2.05) is 27.8 Å². The fraction of sp³-hybridized carbons (Fsp3) is 0.632. The Morgan fingerprint density at radius 3 is 2.42 bits per heavy atom. The third kappa shape index (κ3) is 6.72. The van der Waals surface area contributed by atoms with Gasteiger partial charge in [0.05, 0.1) is 0 Å². The molecule has 0 aliphatic carbocycles. The molecule has 0 aromatic heterocycles. The summed E-state index contributed by atoms with van der Waals surface area (Å²) in [5, 5.41) is 3.37. The molecule has 7 heteroatoms. The van der Waals surface area contributed by atoms with Crippen LogP contribution in [0, 0.1) is 6.92 Å². The zero-order valence-corrected chi connectivity index (χ0v) is 19.8. The highest BCUT2D eigenvalue weighted by atomic mass is 127. The molecule has 2 rings (SSSR count). The molecule has 1 fully saturated rings. The number of piperazine rings is 1. The van der Waals surface area contributed by atoms with Crippen LogP contribution in [0.4, 0.5) is 5.69 Å². The topological polar surface area (TPSA) is 47.9 Å². The van der Waals surface area contributed by atoms with Crippen molar-refractivity contribution < 1.29 is 4.21 Å². The SMILES string of the molecule is CN=C(NCCS(=O)C(C)(C)C)N1CCN(c2cccc(C)c2)CC1.I. The first-order valence-corrected chi connectivity index (χ1v) is 10.3. The van der Waals surface area contributed by atoms with Crippen LogP contribution in [-0.4, -0.2) is 65.3 Å². The number of hydrogen-bond acceptors (Lipinski definition) is 3. The van der Waals surface area contributed by atoms with Gasteiger partial charge in [-0.2, -0.15) is 0 Å². The van der Waals surface area contributed by atoms with Crippen molar-refractivity contribution in [3.05, 3.63) is 29.8 Å². The molecule has 1 aliphatic heterocycles. The fourth-order valence-electron chi connectivity index (χ4n) is 2.90. The van der Waals surface area contributed by atoms with Gasteiger partial charge >= 0.3 is 0 Å². The Kier molecular flexibility index (Phi) is 9.36. The molecule has 1 N–H and O–H groups in total. The summed E-state index contributed by atoms with van der Waals surface area (Å²) in [5.74, 6) is 1.56. The minimum absolute atomic E-state index is 0. The predicted molar refractivity (Wildman–Crippen MR) is 125 cm³/mol. The molecule has 1 aromatic rings. The largest absolute Gasteiger partial charge is 0.368 e. The average Bonchev–Trinajstić information content (AvgIpc) is 2.58. The fourth-order valence-corrected chi connectivity index (χ4v) is 3.79. The second-order valence-electron chi connectivity index (χ2n) is 7.45. The van der Waals surface area contributed by atoms with Crippen LogP contribution in [-0.2, 0) is 10.8 Å². The lowest BCUT2D eigenvalue weighted by Gasteiger charge is -2.37. The van der Waals surface area contributed by atoms with E-state index in [1.165, 1.54) is 11.3 Å². The minimum atomic E-state index is -0.838. The normalized spacial score (nSPS) is 16.9. The van der Waals surface area contributed by atoms with Crippen molar-refractivity contribution in [2.24, 2.45) is 4.99 Å². The van der Waals surface area contributed by atoms with E-state index in [4.69, 9.17) is 0 Å². The lowest BCUT2D eigenvalue weighted by molar-refractivity contribution is 0.373. The maximum absolute atomic E-state index is 12.1. The quantitative estimate of drug-likeness (QED) is 0.399. The molecule has 1 heterocycles. The Balaban J connectivity index is 0.00000338. The van der Waals surface area contributed by atoms with Crippen LogP contribution in [0.2, 0.25) is 0 Å². The van der Waals surface area contributed by atoms with E-state index in [0.717, 1.165) is 32.1 Å². The van der Waals surface area contributed by atoms with Gasteiger partial charge in [-0.25, -0.2) is 0 Å². The van der Waals surface area contributed by atoms with Crippen LogP contribution in [0.3, 0.4) is 0 Å². The summed E-state index contributed by atoms with van der Waals surface area (Å²) in [7, 11) is 0.978. The third-order valence-electron chi connectivity index (χ3n) is 4.41. The van der Waals surface area contributed by atoms with Gasteiger partial charge in [0.15, 0.2) is 5.96 Å². The van der Waals surface area contributed by atoms with Crippen LogP contribution in [0.15, 0.2) is 29.3 Å². The van der Waals surface area contributed by atoms with E-state index >= 15 is 0 Å². The van der Waals surface area contributed by atoms with Crippen molar-refractivity contribution in [3.63, 3.8) is 0 Å². The number of anilines is 1. The van der Waals surface area contributed by atoms with Crippen molar-refractivity contribution in [3.8, 4) is 0 Å². The molecule has 0 spiro atoms. The van der Waals surface area contributed by atoms with Crippen LogP contribution >= 0.6 is 24.0 Å². The van der Waals surface area contributed by atoms with Gasteiger partial charge in [0.1, 0.15) is 0 Å². The van der Waals surface area contributed by atoms with Crippen LogP contribution in [0.5, 0.6) is 0 Å². The zero-order valence-electron chi connectivity index (χ0n) is 16.6. The van der Waals surface area contributed by atoms with Crippen molar-refractivity contribution in [2.45, 2.75) is 32.4 Å². The van der Waals surface area contributed by atoms with E-state index < -0.39 is 10.8 Å². The molecule has 26 heavy (non-hydrogen) atoms. The smallest absolute Gasteiger partial charge is 0.193 e. The van der Waals surface area contributed by atoms with Gasteiger partial charge in [0, 0.05) is 66.8 Å². The molecule has 1 unspecified atom stereocenters. The number of benzene rings is 1. The molecule has 1 aliphatic rings. The van der Waals surface area contributed by atoms with Crippen molar-refractivity contribution in [1.29, 1.82) is 0 Å². The van der Waals surface area contributed by atoms with Crippen molar-refractivity contribution in [2.75, 3.05) is 50.4 Å². The Bertz CT molecular complexity index is 622. The molecule has 148 valence electrons. The molecule has 0 bridgehead atoms. The summed E-state index contributed by atoms with van der Waals surface area (Å²) in [6, 6.07) is 8.67. The second kappa shape index (κ2) is 10.5. The number of halogens is 1. The summed E-state index contributed by atoms with van der Waals surface area (Å²) in [6.45, 7) is 12.7. The van der Waals surface area contributed by atoms with Gasteiger partial charge in [-0.15, -0.1) is 24.0 Å². The van der Waals surface area contributed by atoms with Gasteiger partial charge in [0.25, 0.3) is 0 Å². The van der Waals surface area contributed by atoms with E-state index in [2.05, 4.69) is 51.3 Å². The van der Waals surface area contributed by atoms with Crippen LogP contribution in [0.1, 0.15) is 26.3 Å². The Morgan fingerprint density at radius 1 is 1.23 bits per heavy atom. The molecule has 1 atom stereocenters. The standard InChI is InChI=1S/C19H32N4OS.HI/c1-16-7-6-8-17(15-16)22-10-12-23(13-11-22)18(20-5)21-9-14-25(24)19(2,3)4;/h6-8,15H,9-14H2,1-5H3,(H,20,21);1H. The molecular formula is C19H33IN4OS. The van der Waals surface area contributed by atoms with Crippen LogP contribution in [0.25, 0.3) is 0 Å². The zero-order chi connectivity index (χ0) is 18.4. The number of aliphatic imine (C=N–C) groups is 1. The first-order chi connectivity index (χ1) is 11.8. The van der Waals surface area contributed by atoms with Crippen LogP contribution < -0.4 is 10.2 Å². The summed E-state index contributed by atoms with van der Waals surface area (Å²) in [4.78, 5) is 9.10. The Morgan fingerprint density at radius 2 is 1.88 bits per heavy atom. The number of aryl methyl sites for hydroxylation is 1. The molecule has 0 saturated carbocycles. The maximum atomic E-state index is 12.1. The summed E-state index contributed by atoms with van der Waals surface area (Å²) < 4.78 is 12.0. The summed E-state index contributed by atoms with van der Waals surface area (Å²) in [6.07, 6.45) is 0. The summed E-state index contributed by atoms with van der Waals surface area (Å²) in [5.41, 5.74) is 2.59. The van der Waals surface area contributed by atoms with Crippen molar-refractivity contribution >= 4 is 46.4 Å². The number of rotatable bonds is 4. The third-order valence-corrected chi connectivity index (χ3v) is 6.35. The highest BCUT2D eigenvalue weighted by molar-refractivity contribution is 14.0. The van der Waals surface area contributed by atoms with E-state index in [1.54, 1.807) is 0 Å². The highest BCUT2D eigenvalue weighted by Crippen LogP contribution is 2.17. The summed E-state index contributed by atoms with van der Waals surface area (Å²) >= 11 is 0. The number of hydrogen-bond donors (Lipinski definition) is 1. The lowest BCUT2D eigenvalue weighted by atomic mass is 10.2. The van der Waals surface area contributed by atoms with Gasteiger partial charge in [-0.1, -0.05) is 12.1 Å². The Labute approximate surface area is 178 Å². The number of guanidine groups is 1. The average molecular weight is 492 g/mol. The molecular weight excluding hydrogens is 459 g/mol. The van der Waals surface area contributed by atoms with E-state index in [-0.39, 0.29) is 28.7 Å². The Hall–Kier alpha value is -0.830. The molecule has 1 saturated heterocycles. The monoisotopic (exact) mass is 492 g/mol. The van der Waals surface area contributed by atoms with Gasteiger partial charge < -0.3 is 15.1 Å². The van der Waals surface area contributed by atoms with Gasteiger partial charge in [-0.3, -0.25) is 9.20 Å². The van der Waals surface area contributed by atoms with Gasteiger partial charge in [-0.05, 0) is 45.4 Å². The van der Waals surface area contributed by atoms with E-state index in [0.29, 0.717) is 12.3 Å². The van der Waals surface area contributed by atoms with Crippen molar-refractivity contribution in [1.82, 2.24) is 10.2 Å². The highest BCUT2D eigenvalue weighted by Gasteiger charge is 2.21. The van der Waals surface area contributed by atoms with E-state index in [9.17, 15) is 4.21 Å². The maximum Gasteiger partial charge on any atom is 0.193 e. The first-order valence-electron chi connectivity index (χ1n) is 8.97. The minimum Gasteiger partial charge on any atom is -0.368 e. The molecule has 0 radical (unpaired) electrons. The number of nitrogens with one attached hydrogen (secondary N) is 1. The number of nitrogens with zero attached hydrogens (tertiary/aromatic N) is 3. The lowest BCUT2D eigenvalue weighted by Crippen LogP contribution is -2.53. The molecule has 5 nitrogen and oxygen atoms in total. The first kappa shape index (κ1) is 23.2. The van der Waals surface area contributed by atoms with Gasteiger partial charge in [0.2, 0.25) is 0 Å². The second-order valence-corrected chi connectivity index (χ2v) is 9.77.